The molecule has 4 rings (SSSR count). The van der Waals surface area contributed by atoms with E-state index in [1.54, 1.807) is 0 Å². The number of carbonyl (C=O) groups is 1. The number of aromatic nitrogens is 2. The molecule has 7 nitrogen and oxygen atoms in total. The van der Waals surface area contributed by atoms with Gasteiger partial charge in [0.1, 0.15) is 12.1 Å². The minimum absolute atomic E-state index is 0.0000864. The second-order valence-electron chi connectivity index (χ2n) is 7.90. The van der Waals surface area contributed by atoms with E-state index in [1.165, 1.54) is 9.90 Å². The molecule has 0 bridgehead atoms. The van der Waals surface area contributed by atoms with Crippen LogP contribution in [0.3, 0.4) is 0 Å². The Hall–Kier alpha value is -1.78. The Labute approximate surface area is 184 Å². The van der Waals surface area contributed by atoms with Gasteiger partial charge in [-0.25, -0.2) is 9.97 Å². The molecule has 1 amide bonds. The molecule has 29 heavy (non-hydrogen) atoms. The first-order valence-electron chi connectivity index (χ1n) is 10.0. The lowest BCUT2D eigenvalue weighted by molar-refractivity contribution is -0.132. The number of nitrogens with zero attached hydrogens (tertiary/aromatic N) is 4. The SMILES string of the molecule is C[C@@H]1C[C@@H](O)c2ncnc(N3CCN(C(=O)[C@H](N)Cc4ccc(I)cc4)CC3)c21. The van der Waals surface area contributed by atoms with Crippen molar-refractivity contribution in [2.45, 2.75) is 37.8 Å². The normalized spacial score (nSPS) is 22.5. The average Bonchev–Trinajstić information content (AvgIpc) is 3.03. The highest BCUT2D eigenvalue weighted by Gasteiger charge is 2.34. The number of rotatable bonds is 4. The van der Waals surface area contributed by atoms with Crippen molar-refractivity contribution in [3.8, 4) is 0 Å². The summed E-state index contributed by atoms with van der Waals surface area (Å²) in [7, 11) is 0. The molecule has 2 aromatic rings. The molecule has 2 heterocycles. The van der Waals surface area contributed by atoms with Gasteiger partial charge in [0.25, 0.3) is 0 Å². The van der Waals surface area contributed by atoms with Gasteiger partial charge in [0.05, 0.1) is 17.8 Å². The van der Waals surface area contributed by atoms with E-state index in [4.69, 9.17) is 5.73 Å². The summed E-state index contributed by atoms with van der Waals surface area (Å²) >= 11 is 2.26. The van der Waals surface area contributed by atoms with Crippen molar-refractivity contribution in [1.82, 2.24) is 14.9 Å². The first-order chi connectivity index (χ1) is 13.9. The van der Waals surface area contributed by atoms with Crippen LogP contribution in [0.2, 0.25) is 0 Å². The van der Waals surface area contributed by atoms with E-state index < -0.39 is 12.1 Å². The van der Waals surface area contributed by atoms with Gasteiger partial charge in [-0.15, -0.1) is 0 Å². The number of fused-ring (bicyclic) bond motifs is 1. The fraction of sp³-hybridized carbons (Fsp3) is 0.476. The summed E-state index contributed by atoms with van der Waals surface area (Å²) in [5.41, 5.74) is 9.10. The molecule has 0 spiro atoms. The van der Waals surface area contributed by atoms with Crippen molar-refractivity contribution in [3.63, 3.8) is 0 Å². The Morgan fingerprint density at radius 2 is 1.93 bits per heavy atom. The monoisotopic (exact) mass is 507 g/mol. The van der Waals surface area contributed by atoms with Crippen LogP contribution in [0, 0.1) is 3.57 Å². The van der Waals surface area contributed by atoms with Crippen molar-refractivity contribution >= 4 is 34.3 Å². The Morgan fingerprint density at radius 1 is 1.24 bits per heavy atom. The topological polar surface area (TPSA) is 95.6 Å². The molecule has 0 radical (unpaired) electrons. The largest absolute Gasteiger partial charge is 0.387 e. The molecule has 1 saturated heterocycles. The van der Waals surface area contributed by atoms with E-state index in [0.717, 1.165) is 22.6 Å². The molecule has 1 aromatic carbocycles. The molecule has 1 fully saturated rings. The van der Waals surface area contributed by atoms with E-state index in [0.29, 0.717) is 39.0 Å². The molecule has 3 atom stereocenters. The molecule has 1 aliphatic heterocycles. The first kappa shape index (κ1) is 20.5. The number of hydrogen-bond donors (Lipinski definition) is 2. The van der Waals surface area contributed by atoms with Gasteiger partial charge in [-0.3, -0.25) is 4.79 Å². The summed E-state index contributed by atoms with van der Waals surface area (Å²) in [5, 5.41) is 10.2. The number of hydrogen-bond acceptors (Lipinski definition) is 6. The van der Waals surface area contributed by atoms with Crippen molar-refractivity contribution in [1.29, 1.82) is 0 Å². The van der Waals surface area contributed by atoms with Crippen LogP contribution in [-0.4, -0.2) is 58.1 Å². The lowest BCUT2D eigenvalue weighted by Gasteiger charge is -2.37. The highest BCUT2D eigenvalue weighted by molar-refractivity contribution is 14.1. The quantitative estimate of drug-likeness (QED) is 0.614. The van der Waals surface area contributed by atoms with Crippen LogP contribution in [-0.2, 0) is 11.2 Å². The molecule has 8 heteroatoms. The molecule has 154 valence electrons. The fourth-order valence-corrected chi connectivity index (χ4v) is 4.65. The predicted octanol–water partition coefficient (Wildman–Crippen LogP) is 1.84. The zero-order valence-corrected chi connectivity index (χ0v) is 18.6. The summed E-state index contributed by atoms with van der Waals surface area (Å²) < 4.78 is 1.17. The minimum atomic E-state index is -0.528. The molecule has 0 saturated carbocycles. The van der Waals surface area contributed by atoms with Gasteiger partial charge in [0.2, 0.25) is 5.91 Å². The molecule has 0 unspecified atom stereocenters. The zero-order chi connectivity index (χ0) is 20.5. The number of piperazine rings is 1. The Kier molecular flexibility index (Phi) is 6.03. The second-order valence-corrected chi connectivity index (χ2v) is 9.14. The van der Waals surface area contributed by atoms with E-state index in [9.17, 15) is 9.90 Å². The first-order valence-corrected chi connectivity index (χ1v) is 11.1. The third kappa shape index (κ3) is 4.24. The maximum atomic E-state index is 12.8. The van der Waals surface area contributed by atoms with Crippen molar-refractivity contribution in [3.05, 3.63) is 51.0 Å². The molecular formula is C21H26IN5O2. The number of aliphatic hydroxyl groups excluding tert-OH is 1. The average molecular weight is 507 g/mol. The molecular weight excluding hydrogens is 481 g/mol. The standard InChI is InChI=1S/C21H26IN5O2/c1-13-10-17(28)19-18(13)20(25-12-24-19)26-6-8-27(9-7-26)21(29)16(23)11-14-2-4-15(22)5-3-14/h2-5,12-13,16-17,28H,6-11,23H2,1H3/t13-,16-,17-/m1/s1. The summed E-state index contributed by atoms with van der Waals surface area (Å²) in [6.45, 7) is 4.75. The number of carbonyl (C=O) groups excluding carboxylic acids is 1. The molecule has 2 aliphatic rings. The van der Waals surface area contributed by atoms with Crippen LogP contribution >= 0.6 is 22.6 Å². The van der Waals surface area contributed by atoms with E-state index in [-0.39, 0.29) is 11.8 Å². The minimum Gasteiger partial charge on any atom is -0.387 e. The highest BCUT2D eigenvalue weighted by Crippen LogP contribution is 2.42. The summed E-state index contributed by atoms with van der Waals surface area (Å²) in [6, 6.07) is 7.59. The lowest BCUT2D eigenvalue weighted by atomic mass is 10.0. The van der Waals surface area contributed by atoms with Gasteiger partial charge < -0.3 is 20.6 Å². The number of benzene rings is 1. The lowest BCUT2D eigenvalue weighted by Crippen LogP contribution is -2.54. The number of amides is 1. The summed E-state index contributed by atoms with van der Waals surface area (Å²) in [6.07, 6.45) is 2.26. The number of nitrogens with two attached hydrogens (primary N) is 1. The third-order valence-electron chi connectivity index (χ3n) is 5.86. The zero-order valence-electron chi connectivity index (χ0n) is 16.5. The van der Waals surface area contributed by atoms with Crippen LogP contribution < -0.4 is 10.6 Å². The van der Waals surface area contributed by atoms with Crippen LogP contribution in [0.4, 0.5) is 5.82 Å². The summed E-state index contributed by atoms with van der Waals surface area (Å²) in [4.78, 5) is 25.7. The van der Waals surface area contributed by atoms with Crippen LogP contribution in [0.25, 0.3) is 0 Å². The van der Waals surface area contributed by atoms with Crippen molar-refractivity contribution in [2.75, 3.05) is 31.1 Å². The molecule has 1 aliphatic carbocycles. The van der Waals surface area contributed by atoms with Gasteiger partial charge in [0, 0.05) is 35.3 Å². The molecule has 3 N–H and O–H groups in total. The Bertz CT molecular complexity index is 883. The van der Waals surface area contributed by atoms with Gasteiger partial charge in [-0.2, -0.15) is 0 Å². The maximum Gasteiger partial charge on any atom is 0.239 e. The van der Waals surface area contributed by atoms with Gasteiger partial charge in [-0.1, -0.05) is 19.1 Å². The second kappa shape index (κ2) is 8.53. The molecule has 1 aromatic heterocycles. The van der Waals surface area contributed by atoms with Crippen LogP contribution in [0.15, 0.2) is 30.6 Å². The van der Waals surface area contributed by atoms with Gasteiger partial charge in [-0.05, 0) is 59.0 Å². The van der Waals surface area contributed by atoms with Gasteiger partial charge >= 0.3 is 0 Å². The number of anilines is 1. The Balaban J connectivity index is 1.38. The van der Waals surface area contributed by atoms with Crippen molar-refractivity contribution < 1.29 is 9.90 Å². The number of halogens is 1. The van der Waals surface area contributed by atoms with E-state index in [1.807, 2.05) is 29.2 Å². The van der Waals surface area contributed by atoms with Crippen molar-refractivity contribution in [2.24, 2.45) is 5.73 Å². The predicted molar refractivity (Wildman–Crippen MR) is 120 cm³/mol. The summed E-state index contributed by atoms with van der Waals surface area (Å²) in [5.74, 6) is 1.13. The van der Waals surface area contributed by atoms with Crippen LogP contribution in [0.5, 0.6) is 0 Å². The third-order valence-corrected chi connectivity index (χ3v) is 6.58. The van der Waals surface area contributed by atoms with Crippen LogP contribution in [0.1, 0.15) is 42.2 Å². The number of aliphatic hydroxyl groups is 1. The van der Waals surface area contributed by atoms with E-state index >= 15 is 0 Å². The maximum absolute atomic E-state index is 12.8. The Morgan fingerprint density at radius 3 is 2.62 bits per heavy atom. The fourth-order valence-electron chi connectivity index (χ4n) is 4.29. The van der Waals surface area contributed by atoms with E-state index in [2.05, 4.69) is 44.4 Å². The van der Waals surface area contributed by atoms with Gasteiger partial charge in [0.15, 0.2) is 0 Å². The smallest absolute Gasteiger partial charge is 0.239 e. The highest BCUT2D eigenvalue weighted by atomic mass is 127.